The predicted molar refractivity (Wildman–Crippen MR) is 136 cm³/mol. The van der Waals surface area contributed by atoms with Crippen molar-refractivity contribution in [3.63, 3.8) is 0 Å². The summed E-state index contributed by atoms with van der Waals surface area (Å²) < 4.78 is 40.4. The first-order valence-corrected chi connectivity index (χ1v) is 12.2. The minimum Gasteiger partial charge on any atom is -0.308 e. The number of rotatable bonds is 9. The Kier molecular flexibility index (Phi) is 8.08. The van der Waals surface area contributed by atoms with E-state index in [-0.39, 0.29) is 23.7 Å². The van der Waals surface area contributed by atoms with E-state index in [9.17, 15) is 18.0 Å². The van der Waals surface area contributed by atoms with E-state index in [1.807, 2.05) is 12.0 Å². The molecule has 37 heavy (non-hydrogen) atoms. The van der Waals surface area contributed by atoms with Crippen LogP contribution in [0.3, 0.4) is 0 Å². The minimum absolute atomic E-state index is 0.117. The Balaban J connectivity index is 1.67. The van der Waals surface area contributed by atoms with Crippen LogP contribution in [0.1, 0.15) is 36.7 Å². The molecule has 0 bridgehead atoms. The van der Waals surface area contributed by atoms with Crippen LogP contribution in [-0.2, 0) is 17.4 Å². The standard InChI is InChI=1S/C25H31F3N8O/c1-4-6-7-16-12-20(18-14-30-33-23(18)25(26,27)28)29-13-17(16)22-19(5-2)32-34-24(22)31-21(37)15-36-10-8-35(3)9-11-36/h5,12-14H,2,4,6-11,15H2,1,3H3,(H,30,33)(H2,31,32,34,37). The fourth-order valence-corrected chi connectivity index (χ4v) is 4.39. The van der Waals surface area contributed by atoms with Gasteiger partial charge in [0.05, 0.1) is 35.3 Å². The monoisotopic (exact) mass is 516 g/mol. The fourth-order valence-electron chi connectivity index (χ4n) is 4.39. The van der Waals surface area contributed by atoms with Gasteiger partial charge < -0.3 is 10.2 Å². The number of alkyl halides is 3. The van der Waals surface area contributed by atoms with Crippen molar-refractivity contribution in [2.75, 3.05) is 45.1 Å². The number of nitrogens with one attached hydrogen (secondary N) is 3. The number of aromatic nitrogens is 5. The van der Waals surface area contributed by atoms with Crippen molar-refractivity contribution in [3.05, 3.63) is 42.0 Å². The van der Waals surface area contributed by atoms with Crippen molar-refractivity contribution in [2.45, 2.75) is 32.4 Å². The molecule has 3 aromatic heterocycles. The average Bonchev–Trinajstić information content (AvgIpc) is 3.51. The Morgan fingerprint density at radius 1 is 1.19 bits per heavy atom. The van der Waals surface area contributed by atoms with Crippen LogP contribution in [0.2, 0.25) is 0 Å². The Morgan fingerprint density at radius 3 is 2.62 bits per heavy atom. The topological polar surface area (TPSA) is 106 Å². The molecular formula is C25H31F3N8O. The van der Waals surface area contributed by atoms with Crippen LogP contribution in [0, 0.1) is 0 Å². The number of unbranched alkanes of at least 4 members (excludes halogenated alkanes) is 1. The van der Waals surface area contributed by atoms with E-state index in [0.29, 0.717) is 29.1 Å². The lowest BCUT2D eigenvalue weighted by Crippen LogP contribution is -2.47. The van der Waals surface area contributed by atoms with Gasteiger partial charge in [-0.05, 0) is 37.6 Å². The van der Waals surface area contributed by atoms with Crippen molar-refractivity contribution in [1.82, 2.24) is 35.2 Å². The Morgan fingerprint density at radius 2 is 1.95 bits per heavy atom. The summed E-state index contributed by atoms with van der Waals surface area (Å²) in [7, 11) is 2.05. The second-order valence-corrected chi connectivity index (χ2v) is 9.18. The second-order valence-electron chi connectivity index (χ2n) is 9.18. The smallest absolute Gasteiger partial charge is 0.308 e. The molecule has 198 valence electrons. The number of pyridine rings is 1. The zero-order valence-corrected chi connectivity index (χ0v) is 21.0. The largest absolute Gasteiger partial charge is 0.433 e. The summed E-state index contributed by atoms with van der Waals surface area (Å²) in [5.74, 6) is 0.140. The molecule has 1 aliphatic rings. The zero-order chi connectivity index (χ0) is 26.6. The number of aryl methyl sites for hydroxylation is 1. The SMILES string of the molecule is C=Cc1[nH]nc(NC(=O)CN2CCN(C)CC2)c1-c1cnc(-c2cn[nH]c2C(F)(F)F)cc1CCCC. The van der Waals surface area contributed by atoms with Gasteiger partial charge in [-0.25, -0.2) is 0 Å². The predicted octanol–water partition coefficient (Wildman–Crippen LogP) is 4.05. The number of nitrogens with zero attached hydrogens (tertiary/aromatic N) is 5. The van der Waals surface area contributed by atoms with Crippen LogP contribution in [0.5, 0.6) is 0 Å². The molecule has 3 N–H and O–H groups in total. The highest BCUT2D eigenvalue weighted by atomic mass is 19.4. The normalized spacial score (nSPS) is 15.2. The molecule has 12 heteroatoms. The number of aromatic amines is 2. The summed E-state index contributed by atoms with van der Waals surface area (Å²) >= 11 is 0. The highest BCUT2D eigenvalue weighted by Crippen LogP contribution is 2.38. The molecule has 4 rings (SSSR count). The number of carbonyl (C=O) groups is 1. The van der Waals surface area contributed by atoms with Gasteiger partial charge in [0, 0.05) is 37.9 Å². The highest BCUT2D eigenvalue weighted by molar-refractivity contribution is 5.97. The number of amides is 1. The van der Waals surface area contributed by atoms with Crippen molar-refractivity contribution in [3.8, 4) is 22.4 Å². The molecule has 1 amide bonds. The molecule has 0 aromatic carbocycles. The first-order chi connectivity index (χ1) is 17.7. The Bertz CT molecular complexity index is 1240. The maximum atomic E-state index is 13.5. The number of hydrogen-bond acceptors (Lipinski definition) is 6. The number of halogens is 3. The highest BCUT2D eigenvalue weighted by Gasteiger charge is 2.36. The number of H-pyrrole nitrogens is 2. The van der Waals surface area contributed by atoms with Crippen molar-refractivity contribution < 1.29 is 18.0 Å². The lowest BCUT2D eigenvalue weighted by Gasteiger charge is -2.31. The first-order valence-electron chi connectivity index (χ1n) is 12.2. The molecule has 0 saturated carbocycles. The Labute approximate surface area is 213 Å². The third kappa shape index (κ3) is 6.08. The number of piperazine rings is 1. The van der Waals surface area contributed by atoms with Crippen molar-refractivity contribution >= 4 is 17.8 Å². The van der Waals surface area contributed by atoms with Gasteiger partial charge in [-0.15, -0.1) is 0 Å². The maximum Gasteiger partial charge on any atom is 0.433 e. The van der Waals surface area contributed by atoms with E-state index in [0.717, 1.165) is 50.8 Å². The van der Waals surface area contributed by atoms with Crippen molar-refractivity contribution in [1.29, 1.82) is 0 Å². The molecule has 0 unspecified atom stereocenters. The molecule has 9 nitrogen and oxygen atoms in total. The van der Waals surface area contributed by atoms with Crippen LogP contribution in [-0.4, -0.2) is 80.9 Å². The molecular weight excluding hydrogens is 485 g/mol. The molecule has 1 saturated heterocycles. The van der Waals surface area contributed by atoms with Gasteiger partial charge in [-0.2, -0.15) is 23.4 Å². The van der Waals surface area contributed by atoms with Gasteiger partial charge in [0.15, 0.2) is 5.82 Å². The van der Waals surface area contributed by atoms with Gasteiger partial charge in [0.2, 0.25) is 5.91 Å². The number of likely N-dealkylation sites (N-methyl/N-ethyl adjacent to an activating group) is 1. The van der Waals surface area contributed by atoms with E-state index < -0.39 is 11.9 Å². The van der Waals surface area contributed by atoms with Crippen LogP contribution >= 0.6 is 0 Å². The van der Waals surface area contributed by atoms with Gasteiger partial charge in [0.25, 0.3) is 0 Å². The first kappa shape index (κ1) is 26.6. The summed E-state index contributed by atoms with van der Waals surface area (Å²) in [6, 6.07) is 1.65. The minimum atomic E-state index is -4.59. The lowest BCUT2D eigenvalue weighted by atomic mass is 9.95. The number of anilines is 1. The second kappa shape index (κ2) is 11.3. The Hall–Kier alpha value is -3.51. The molecule has 1 aliphatic heterocycles. The average molecular weight is 517 g/mol. The van der Waals surface area contributed by atoms with Gasteiger partial charge in [-0.3, -0.25) is 24.9 Å². The third-order valence-electron chi connectivity index (χ3n) is 6.48. The van der Waals surface area contributed by atoms with Gasteiger partial charge >= 0.3 is 6.18 Å². The van der Waals surface area contributed by atoms with Crippen LogP contribution in [0.25, 0.3) is 28.5 Å². The molecule has 0 spiro atoms. The molecule has 0 aliphatic carbocycles. The quantitative estimate of drug-likeness (QED) is 0.396. The zero-order valence-electron chi connectivity index (χ0n) is 21.0. The summed E-state index contributed by atoms with van der Waals surface area (Å²) in [5.41, 5.74) is 1.76. The van der Waals surface area contributed by atoms with E-state index in [1.54, 1.807) is 12.1 Å². The third-order valence-corrected chi connectivity index (χ3v) is 6.48. The lowest BCUT2D eigenvalue weighted by molar-refractivity contribution is -0.140. The fraction of sp³-hybridized carbons (Fsp3) is 0.440. The molecule has 3 aromatic rings. The summed E-state index contributed by atoms with van der Waals surface area (Å²) in [6.07, 6.45) is 1.99. The van der Waals surface area contributed by atoms with E-state index in [2.05, 4.69) is 49.0 Å². The summed E-state index contributed by atoms with van der Waals surface area (Å²) in [5, 5.41) is 15.7. The van der Waals surface area contributed by atoms with Crippen molar-refractivity contribution in [2.24, 2.45) is 0 Å². The molecule has 4 heterocycles. The van der Waals surface area contributed by atoms with E-state index in [1.165, 1.54) is 6.20 Å². The molecule has 0 atom stereocenters. The van der Waals surface area contributed by atoms with Gasteiger partial charge in [-0.1, -0.05) is 19.9 Å². The number of carbonyl (C=O) groups excluding carboxylic acids is 1. The van der Waals surface area contributed by atoms with E-state index in [4.69, 9.17) is 0 Å². The van der Waals surface area contributed by atoms with Crippen LogP contribution < -0.4 is 5.32 Å². The molecule has 0 radical (unpaired) electrons. The summed E-state index contributed by atoms with van der Waals surface area (Å²) in [4.78, 5) is 21.5. The van der Waals surface area contributed by atoms with Crippen LogP contribution in [0.15, 0.2) is 25.0 Å². The van der Waals surface area contributed by atoms with Crippen LogP contribution in [0.4, 0.5) is 19.0 Å². The summed E-state index contributed by atoms with van der Waals surface area (Å²) in [6.45, 7) is 9.52. The molecule has 1 fully saturated rings. The van der Waals surface area contributed by atoms with E-state index >= 15 is 0 Å². The maximum absolute atomic E-state index is 13.5. The van der Waals surface area contributed by atoms with Gasteiger partial charge in [0.1, 0.15) is 5.69 Å². The number of hydrogen-bond donors (Lipinski definition) is 3.